The van der Waals surface area contributed by atoms with E-state index in [1.165, 1.54) is 0 Å². The minimum absolute atomic E-state index is 0. The summed E-state index contributed by atoms with van der Waals surface area (Å²) < 4.78 is 2.24. The third-order valence-corrected chi connectivity index (χ3v) is 5.30. The molecule has 9 heteroatoms. The summed E-state index contributed by atoms with van der Waals surface area (Å²) in [5.41, 5.74) is 6.08. The number of thioether (sulfide) groups is 2. The molecule has 1 aromatic heterocycles. The van der Waals surface area contributed by atoms with Crippen LogP contribution in [0.5, 0.6) is 0 Å². The second-order valence-electron chi connectivity index (χ2n) is 6.05. The SMILES string of the molecule is CSc1nnc(CCCN=C(N)N2CCSCC2)n1CC(C)C.I. The van der Waals surface area contributed by atoms with Crippen molar-refractivity contribution >= 4 is 53.5 Å². The molecule has 6 nitrogen and oxygen atoms in total. The Hall–Kier alpha value is -0.160. The number of nitrogens with zero attached hydrogens (tertiary/aromatic N) is 5. The number of aromatic nitrogens is 3. The second-order valence-corrected chi connectivity index (χ2v) is 8.05. The standard InChI is InChI=1S/C15H28N6S2.HI/c1-12(2)11-21-13(18-19-15(21)22-3)5-4-6-17-14(16)20-7-9-23-10-8-20;/h12H,4-11H2,1-3H3,(H2,16,17);1H. The van der Waals surface area contributed by atoms with E-state index < -0.39 is 0 Å². The maximum Gasteiger partial charge on any atom is 0.191 e. The van der Waals surface area contributed by atoms with Crippen LogP contribution in [0.4, 0.5) is 0 Å². The summed E-state index contributed by atoms with van der Waals surface area (Å²) >= 11 is 3.63. The van der Waals surface area contributed by atoms with E-state index in [0.29, 0.717) is 11.9 Å². The van der Waals surface area contributed by atoms with Crippen LogP contribution in [0.25, 0.3) is 0 Å². The van der Waals surface area contributed by atoms with Crippen LogP contribution in [0.3, 0.4) is 0 Å². The van der Waals surface area contributed by atoms with Crippen molar-refractivity contribution in [1.29, 1.82) is 0 Å². The van der Waals surface area contributed by atoms with Crippen molar-refractivity contribution in [2.45, 2.75) is 38.4 Å². The molecule has 0 spiro atoms. The largest absolute Gasteiger partial charge is 0.370 e. The number of halogens is 1. The maximum absolute atomic E-state index is 6.08. The van der Waals surface area contributed by atoms with Crippen LogP contribution in [0.1, 0.15) is 26.1 Å². The molecule has 1 aliphatic rings. The van der Waals surface area contributed by atoms with E-state index in [0.717, 1.165) is 61.5 Å². The van der Waals surface area contributed by atoms with Crippen LogP contribution in [-0.2, 0) is 13.0 Å². The summed E-state index contributed by atoms with van der Waals surface area (Å²) in [7, 11) is 0. The second kappa shape index (κ2) is 11.5. The Bertz CT molecular complexity index is 514. The Kier molecular flexibility index (Phi) is 10.4. The molecule has 1 aliphatic heterocycles. The van der Waals surface area contributed by atoms with Gasteiger partial charge in [0, 0.05) is 44.1 Å². The minimum atomic E-state index is 0. The summed E-state index contributed by atoms with van der Waals surface area (Å²) in [6, 6.07) is 0. The Morgan fingerprint density at radius 3 is 2.67 bits per heavy atom. The zero-order valence-corrected chi connectivity index (χ0v) is 18.7. The molecule has 0 aromatic carbocycles. The third-order valence-electron chi connectivity index (χ3n) is 3.69. The number of aliphatic imine (C=N–C) groups is 1. The molecular formula is C15H29IN6S2. The van der Waals surface area contributed by atoms with Gasteiger partial charge in [0.1, 0.15) is 5.82 Å². The number of aryl methyl sites for hydroxylation is 1. The van der Waals surface area contributed by atoms with E-state index in [1.54, 1.807) is 11.8 Å². The molecule has 1 aromatic rings. The highest BCUT2D eigenvalue weighted by molar-refractivity contribution is 14.0. The zero-order valence-electron chi connectivity index (χ0n) is 14.8. The number of guanidine groups is 1. The van der Waals surface area contributed by atoms with Crippen molar-refractivity contribution in [2.75, 3.05) is 37.4 Å². The molecule has 0 bridgehead atoms. The zero-order chi connectivity index (χ0) is 16.7. The van der Waals surface area contributed by atoms with Gasteiger partial charge >= 0.3 is 0 Å². The average Bonchev–Trinajstić information content (AvgIpc) is 2.93. The van der Waals surface area contributed by atoms with Crippen molar-refractivity contribution in [1.82, 2.24) is 19.7 Å². The molecule has 2 rings (SSSR count). The van der Waals surface area contributed by atoms with Crippen LogP contribution < -0.4 is 5.73 Å². The fraction of sp³-hybridized carbons (Fsp3) is 0.800. The Morgan fingerprint density at radius 1 is 1.33 bits per heavy atom. The monoisotopic (exact) mass is 484 g/mol. The molecule has 0 radical (unpaired) electrons. The van der Waals surface area contributed by atoms with E-state index >= 15 is 0 Å². The van der Waals surface area contributed by atoms with E-state index in [4.69, 9.17) is 5.73 Å². The maximum atomic E-state index is 6.08. The van der Waals surface area contributed by atoms with Crippen molar-refractivity contribution in [3.8, 4) is 0 Å². The lowest BCUT2D eigenvalue weighted by Crippen LogP contribution is -2.42. The van der Waals surface area contributed by atoms with Gasteiger partial charge in [-0.1, -0.05) is 25.6 Å². The number of nitrogens with two attached hydrogens (primary N) is 1. The van der Waals surface area contributed by atoms with E-state index in [2.05, 4.69) is 38.5 Å². The summed E-state index contributed by atoms with van der Waals surface area (Å²) in [6.07, 6.45) is 3.90. The van der Waals surface area contributed by atoms with Crippen molar-refractivity contribution in [2.24, 2.45) is 16.6 Å². The summed E-state index contributed by atoms with van der Waals surface area (Å²) in [5.74, 6) is 4.63. The predicted molar refractivity (Wildman–Crippen MR) is 116 cm³/mol. The van der Waals surface area contributed by atoms with E-state index in [-0.39, 0.29) is 24.0 Å². The lowest BCUT2D eigenvalue weighted by atomic mass is 10.2. The quantitative estimate of drug-likeness (QED) is 0.211. The van der Waals surface area contributed by atoms with E-state index in [1.807, 2.05) is 18.0 Å². The van der Waals surface area contributed by atoms with Gasteiger partial charge in [0.15, 0.2) is 11.1 Å². The van der Waals surface area contributed by atoms with Gasteiger partial charge in [-0.15, -0.1) is 34.2 Å². The number of hydrogen-bond acceptors (Lipinski definition) is 5. The van der Waals surface area contributed by atoms with Gasteiger partial charge in [-0.3, -0.25) is 4.99 Å². The number of hydrogen-bond donors (Lipinski definition) is 1. The molecule has 2 heterocycles. The van der Waals surface area contributed by atoms with Gasteiger partial charge < -0.3 is 15.2 Å². The fourth-order valence-electron chi connectivity index (χ4n) is 2.53. The van der Waals surface area contributed by atoms with Crippen LogP contribution in [0.15, 0.2) is 10.1 Å². The molecule has 0 aliphatic carbocycles. The molecule has 2 N–H and O–H groups in total. The first-order valence-electron chi connectivity index (χ1n) is 8.20. The van der Waals surface area contributed by atoms with Gasteiger partial charge in [-0.05, 0) is 18.6 Å². The minimum Gasteiger partial charge on any atom is -0.370 e. The van der Waals surface area contributed by atoms with Crippen molar-refractivity contribution in [3.63, 3.8) is 0 Å². The van der Waals surface area contributed by atoms with Gasteiger partial charge in [-0.2, -0.15) is 11.8 Å². The lowest BCUT2D eigenvalue weighted by Gasteiger charge is -2.27. The van der Waals surface area contributed by atoms with Crippen LogP contribution in [0, 0.1) is 5.92 Å². The van der Waals surface area contributed by atoms with Crippen molar-refractivity contribution < 1.29 is 0 Å². The Labute approximate surface area is 170 Å². The normalized spacial score (nSPS) is 15.7. The highest BCUT2D eigenvalue weighted by Gasteiger charge is 2.13. The molecule has 138 valence electrons. The van der Waals surface area contributed by atoms with Gasteiger partial charge in [0.2, 0.25) is 0 Å². The molecule has 0 atom stereocenters. The van der Waals surface area contributed by atoms with Crippen molar-refractivity contribution in [3.05, 3.63) is 5.82 Å². The molecular weight excluding hydrogens is 455 g/mol. The molecule has 0 amide bonds. The smallest absolute Gasteiger partial charge is 0.191 e. The first-order valence-corrected chi connectivity index (χ1v) is 10.6. The van der Waals surface area contributed by atoms with Crippen LogP contribution >= 0.6 is 47.5 Å². The van der Waals surface area contributed by atoms with Gasteiger partial charge in [0.05, 0.1) is 0 Å². The molecule has 1 saturated heterocycles. The number of rotatable bonds is 7. The van der Waals surface area contributed by atoms with Gasteiger partial charge in [-0.25, -0.2) is 0 Å². The topological polar surface area (TPSA) is 72.3 Å². The van der Waals surface area contributed by atoms with Gasteiger partial charge in [0.25, 0.3) is 0 Å². The molecule has 24 heavy (non-hydrogen) atoms. The Morgan fingerprint density at radius 2 is 2.04 bits per heavy atom. The summed E-state index contributed by atoms with van der Waals surface area (Å²) in [5, 5.41) is 9.63. The first kappa shape index (κ1) is 21.9. The molecule has 1 fully saturated rings. The van der Waals surface area contributed by atoms with Crippen LogP contribution in [-0.4, -0.2) is 63.0 Å². The predicted octanol–water partition coefficient (Wildman–Crippen LogP) is 2.57. The highest BCUT2D eigenvalue weighted by atomic mass is 127. The average molecular weight is 484 g/mol. The summed E-state index contributed by atoms with van der Waals surface area (Å²) in [4.78, 5) is 6.71. The van der Waals surface area contributed by atoms with Crippen LogP contribution in [0.2, 0.25) is 0 Å². The highest BCUT2D eigenvalue weighted by Crippen LogP contribution is 2.16. The third kappa shape index (κ3) is 6.62. The van der Waals surface area contributed by atoms with E-state index in [9.17, 15) is 0 Å². The fourth-order valence-corrected chi connectivity index (χ4v) is 3.95. The molecule has 0 saturated carbocycles. The first-order chi connectivity index (χ1) is 11.1. The molecule has 0 unspecified atom stereocenters. The lowest BCUT2D eigenvalue weighted by molar-refractivity contribution is 0.455. The Balaban J connectivity index is 0.00000288. The summed E-state index contributed by atoms with van der Waals surface area (Å²) in [6.45, 7) is 8.18.